The van der Waals surface area contributed by atoms with Gasteiger partial charge in [-0.2, -0.15) is 0 Å². The van der Waals surface area contributed by atoms with E-state index in [1.807, 2.05) is 0 Å². The first kappa shape index (κ1) is 17.1. The number of rotatable bonds is 2. The number of carbonyl (C=O) groups is 1. The van der Waals surface area contributed by atoms with Crippen molar-refractivity contribution >= 4 is 22.4 Å². The van der Waals surface area contributed by atoms with Crippen LogP contribution in [0.25, 0.3) is 16.5 Å². The van der Waals surface area contributed by atoms with Crippen molar-refractivity contribution in [1.82, 2.24) is 15.2 Å². The van der Waals surface area contributed by atoms with Crippen LogP contribution in [-0.4, -0.2) is 41.5 Å². The number of nitrogens with one attached hydrogen (secondary N) is 2. The fraction of sp³-hybridized carbons (Fsp3) is 0.522. The Labute approximate surface area is 161 Å². The molecule has 1 fully saturated rings. The van der Waals surface area contributed by atoms with Crippen LogP contribution in [0.15, 0.2) is 30.5 Å². The fourth-order valence-corrected chi connectivity index (χ4v) is 5.35. The van der Waals surface area contributed by atoms with Gasteiger partial charge in [-0.1, -0.05) is 43.9 Å². The number of benzene rings is 1. The molecule has 5 rings (SSSR count). The molecule has 2 heterocycles. The predicted octanol–water partition coefficient (Wildman–Crippen LogP) is 3.88. The number of aromatic amines is 1. The molecule has 2 atom stereocenters. The van der Waals surface area contributed by atoms with Gasteiger partial charge >= 0.3 is 0 Å². The highest BCUT2D eigenvalue weighted by atomic mass is 16.2. The molecule has 2 aliphatic carbocycles. The Morgan fingerprint density at radius 2 is 2.00 bits per heavy atom. The maximum Gasteiger partial charge on any atom is 0.228 e. The predicted molar refractivity (Wildman–Crippen MR) is 110 cm³/mol. The summed E-state index contributed by atoms with van der Waals surface area (Å²) >= 11 is 0. The van der Waals surface area contributed by atoms with Gasteiger partial charge < -0.3 is 10.3 Å². The lowest BCUT2D eigenvalue weighted by Gasteiger charge is -2.39. The number of H-pyrrole nitrogens is 1. The van der Waals surface area contributed by atoms with E-state index in [1.165, 1.54) is 53.3 Å². The Bertz CT molecular complexity index is 888. The number of amides is 1. The average Bonchev–Trinajstić information content (AvgIpc) is 2.92. The standard InChI is InChI=1S/C23H29N3O/c1-26-14-16(23(27)25-17-7-4-2-3-5-8-17)11-19-18-9-6-10-20-22(18)15(13-24-20)12-21(19)26/h6,9-11,13,16-17,21,24H,2-5,7-8,12,14H2,1H3,(H,25,27). The van der Waals surface area contributed by atoms with Crippen LogP contribution in [0.3, 0.4) is 0 Å². The third-order valence-corrected chi connectivity index (χ3v) is 6.81. The molecule has 1 amide bonds. The molecule has 0 radical (unpaired) electrons. The van der Waals surface area contributed by atoms with Crippen molar-refractivity contribution in [2.75, 3.05) is 13.6 Å². The van der Waals surface area contributed by atoms with Crippen LogP contribution in [0, 0.1) is 5.92 Å². The quantitative estimate of drug-likeness (QED) is 0.796. The van der Waals surface area contributed by atoms with Gasteiger partial charge in [0, 0.05) is 35.7 Å². The van der Waals surface area contributed by atoms with Crippen molar-refractivity contribution in [2.24, 2.45) is 5.92 Å². The zero-order valence-electron chi connectivity index (χ0n) is 16.1. The summed E-state index contributed by atoms with van der Waals surface area (Å²) < 4.78 is 0. The lowest BCUT2D eigenvalue weighted by molar-refractivity contribution is -0.125. The number of aromatic nitrogens is 1. The van der Waals surface area contributed by atoms with Crippen molar-refractivity contribution < 1.29 is 4.79 Å². The molecule has 3 aliphatic rings. The largest absolute Gasteiger partial charge is 0.361 e. The van der Waals surface area contributed by atoms with E-state index in [9.17, 15) is 4.79 Å². The van der Waals surface area contributed by atoms with E-state index >= 15 is 0 Å². The highest BCUT2D eigenvalue weighted by Gasteiger charge is 2.36. The molecule has 1 saturated carbocycles. The fourth-order valence-electron chi connectivity index (χ4n) is 5.35. The molecule has 27 heavy (non-hydrogen) atoms. The summed E-state index contributed by atoms with van der Waals surface area (Å²) in [6, 6.07) is 7.23. The van der Waals surface area contributed by atoms with E-state index < -0.39 is 0 Å². The molecule has 2 unspecified atom stereocenters. The van der Waals surface area contributed by atoms with Crippen LogP contribution in [-0.2, 0) is 11.2 Å². The number of hydrogen-bond acceptors (Lipinski definition) is 2. The van der Waals surface area contributed by atoms with Crippen molar-refractivity contribution in [3.63, 3.8) is 0 Å². The van der Waals surface area contributed by atoms with Crippen molar-refractivity contribution in [1.29, 1.82) is 0 Å². The topological polar surface area (TPSA) is 48.1 Å². The molecule has 4 heteroatoms. The number of fused-ring (bicyclic) bond motifs is 2. The van der Waals surface area contributed by atoms with Crippen LogP contribution in [0.1, 0.15) is 49.7 Å². The first-order valence-electron chi connectivity index (χ1n) is 10.5. The van der Waals surface area contributed by atoms with E-state index in [0.29, 0.717) is 12.1 Å². The zero-order valence-corrected chi connectivity index (χ0v) is 16.1. The Hall–Kier alpha value is -2.07. The minimum atomic E-state index is -0.0553. The van der Waals surface area contributed by atoms with Crippen LogP contribution < -0.4 is 5.32 Å². The number of hydrogen-bond donors (Lipinski definition) is 2. The summed E-state index contributed by atoms with van der Waals surface area (Å²) in [4.78, 5) is 18.8. The number of nitrogens with zero attached hydrogens (tertiary/aromatic N) is 1. The summed E-state index contributed by atoms with van der Waals surface area (Å²) in [5.74, 6) is 0.159. The highest BCUT2D eigenvalue weighted by Crippen LogP contribution is 2.40. The smallest absolute Gasteiger partial charge is 0.228 e. The Morgan fingerprint density at radius 1 is 1.19 bits per heavy atom. The second kappa shape index (κ2) is 6.83. The van der Waals surface area contributed by atoms with E-state index in [1.54, 1.807) is 0 Å². The molecule has 0 saturated heterocycles. The normalized spacial score (nSPS) is 26.3. The molecule has 0 bridgehead atoms. The summed E-state index contributed by atoms with van der Waals surface area (Å²) in [6.07, 6.45) is 12.8. The molecule has 1 aliphatic heterocycles. The number of carbonyl (C=O) groups excluding carboxylic acids is 1. The van der Waals surface area contributed by atoms with Gasteiger partial charge in [-0.05, 0) is 49.1 Å². The van der Waals surface area contributed by atoms with Gasteiger partial charge in [-0.25, -0.2) is 0 Å². The summed E-state index contributed by atoms with van der Waals surface area (Å²) in [5.41, 5.74) is 5.24. The van der Waals surface area contributed by atoms with Crippen LogP contribution in [0.5, 0.6) is 0 Å². The molecule has 142 valence electrons. The van der Waals surface area contributed by atoms with E-state index in [2.05, 4.69) is 52.7 Å². The molecule has 2 N–H and O–H groups in total. The maximum absolute atomic E-state index is 13.0. The van der Waals surface area contributed by atoms with Gasteiger partial charge in [0.05, 0.1) is 5.92 Å². The van der Waals surface area contributed by atoms with Crippen molar-refractivity contribution in [3.05, 3.63) is 41.6 Å². The third-order valence-electron chi connectivity index (χ3n) is 6.81. The highest BCUT2D eigenvalue weighted by molar-refractivity contribution is 5.99. The molecule has 2 aromatic rings. The first-order valence-corrected chi connectivity index (χ1v) is 10.5. The van der Waals surface area contributed by atoms with Gasteiger partial charge in [-0.15, -0.1) is 0 Å². The monoisotopic (exact) mass is 363 g/mol. The SMILES string of the molecule is CN1CC(C(=O)NC2CCCCCC2)C=C2c3cccc4[nH]cc(c34)CC21. The Balaban J connectivity index is 1.44. The molecular weight excluding hydrogens is 334 g/mol. The number of likely N-dealkylation sites (N-methyl/N-ethyl adjacent to an activating group) is 1. The second-order valence-electron chi connectivity index (χ2n) is 8.63. The summed E-state index contributed by atoms with van der Waals surface area (Å²) in [7, 11) is 2.17. The molecule has 0 spiro atoms. The van der Waals surface area contributed by atoms with Crippen molar-refractivity contribution in [2.45, 2.75) is 57.0 Å². The second-order valence-corrected chi connectivity index (χ2v) is 8.63. The lowest BCUT2D eigenvalue weighted by atomic mass is 9.79. The molecular formula is C23H29N3O. The van der Waals surface area contributed by atoms with E-state index in [0.717, 1.165) is 25.8 Å². The molecule has 1 aromatic heterocycles. The van der Waals surface area contributed by atoms with Gasteiger partial charge in [0.15, 0.2) is 0 Å². The minimum Gasteiger partial charge on any atom is -0.361 e. The van der Waals surface area contributed by atoms with Gasteiger partial charge in [0.25, 0.3) is 0 Å². The zero-order chi connectivity index (χ0) is 18.4. The lowest BCUT2D eigenvalue weighted by Crippen LogP contribution is -2.48. The Morgan fingerprint density at radius 3 is 2.81 bits per heavy atom. The first-order chi connectivity index (χ1) is 13.2. The van der Waals surface area contributed by atoms with Crippen LogP contribution >= 0.6 is 0 Å². The summed E-state index contributed by atoms with van der Waals surface area (Å²) in [5, 5.41) is 4.71. The van der Waals surface area contributed by atoms with Gasteiger partial charge in [0.1, 0.15) is 0 Å². The summed E-state index contributed by atoms with van der Waals surface area (Å²) in [6.45, 7) is 0.808. The Kier molecular flexibility index (Phi) is 4.31. The van der Waals surface area contributed by atoms with E-state index in [4.69, 9.17) is 0 Å². The van der Waals surface area contributed by atoms with Crippen molar-refractivity contribution in [3.8, 4) is 0 Å². The molecule has 1 aromatic carbocycles. The van der Waals surface area contributed by atoms with Crippen LogP contribution in [0.4, 0.5) is 0 Å². The molecule has 4 nitrogen and oxygen atoms in total. The minimum absolute atomic E-state index is 0.0553. The average molecular weight is 364 g/mol. The van der Waals surface area contributed by atoms with Gasteiger partial charge in [0.2, 0.25) is 5.91 Å². The maximum atomic E-state index is 13.0. The van der Waals surface area contributed by atoms with Gasteiger partial charge in [-0.3, -0.25) is 9.69 Å². The van der Waals surface area contributed by atoms with E-state index in [-0.39, 0.29) is 11.8 Å². The van der Waals surface area contributed by atoms with Crippen LogP contribution in [0.2, 0.25) is 0 Å². The third kappa shape index (κ3) is 3.00.